The van der Waals surface area contributed by atoms with E-state index in [1.165, 1.54) is 6.92 Å². The summed E-state index contributed by atoms with van der Waals surface area (Å²) in [6.45, 7) is 2.57. The van der Waals surface area contributed by atoms with Gasteiger partial charge in [-0.25, -0.2) is 0 Å². The van der Waals surface area contributed by atoms with Gasteiger partial charge in [-0.15, -0.1) is 0 Å². The van der Waals surface area contributed by atoms with E-state index in [0.717, 1.165) is 11.1 Å². The summed E-state index contributed by atoms with van der Waals surface area (Å²) in [6, 6.07) is 13.0. The van der Waals surface area contributed by atoms with Gasteiger partial charge in [-0.3, -0.25) is 4.79 Å². The van der Waals surface area contributed by atoms with Gasteiger partial charge in [0.05, 0.1) is 23.4 Å². The first-order chi connectivity index (χ1) is 13.4. The molecule has 0 amide bonds. The van der Waals surface area contributed by atoms with Gasteiger partial charge in [-0.05, 0) is 30.3 Å². The van der Waals surface area contributed by atoms with Crippen LogP contribution in [-0.4, -0.2) is 31.0 Å². The molecule has 3 rings (SSSR count). The Balaban J connectivity index is 2.21. The maximum atomic E-state index is 11.2. The third kappa shape index (κ3) is 2.91. The number of carbonyl (C=O) groups is 1. The van der Waals surface area contributed by atoms with Crippen LogP contribution in [0.1, 0.15) is 18.4 Å². The molecule has 1 aromatic carbocycles. The van der Waals surface area contributed by atoms with Gasteiger partial charge in [-0.1, -0.05) is 18.2 Å². The van der Waals surface area contributed by atoms with Crippen LogP contribution in [-0.2, 0) is 4.79 Å². The van der Waals surface area contributed by atoms with E-state index in [0.29, 0.717) is 18.8 Å². The van der Waals surface area contributed by atoms with Crippen LogP contribution in [0.2, 0.25) is 0 Å². The average molecular weight is 373 g/mol. The van der Waals surface area contributed by atoms with E-state index in [1.807, 2.05) is 13.1 Å². The highest BCUT2D eigenvalue weighted by atomic mass is 16.5. The fraction of sp³-hybridized carbons (Fsp3) is 0.333. The van der Waals surface area contributed by atoms with Crippen LogP contribution in [0, 0.1) is 45.3 Å². The number of nitrogens with zero attached hydrogens (tertiary/aromatic N) is 4. The Morgan fingerprint density at radius 3 is 2.43 bits per heavy atom. The van der Waals surface area contributed by atoms with Crippen molar-refractivity contribution in [1.29, 1.82) is 15.8 Å². The van der Waals surface area contributed by atoms with Crippen molar-refractivity contribution in [1.82, 2.24) is 4.90 Å². The molecule has 0 radical (unpaired) electrons. The van der Waals surface area contributed by atoms with Crippen LogP contribution in [0.4, 0.5) is 0 Å². The molecule has 1 aliphatic heterocycles. The zero-order valence-electron chi connectivity index (χ0n) is 15.6. The molecular weight excluding hydrogens is 354 g/mol. The second-order valence-electron chi connectivity index (χ2n) is 7.06. The Morgan fingerprint density at radius 1 is 1.25 bits per heavy atom. The molecule has 2 N–H and O–H groups in total. The Kier molecular flexibility index (Phi) is 4.92. The van der Waals surface area contributed by atoms with Gasteiger partial charge in [0.25, 0.3) is 0 Å². The van der Waals surface area contributed by atoms with Gasteiger partial charge >= 0.3 is 5.97 Å². The van der Waals surface area contributed by atoms with Crippen LogP contribution in [0.5, 0.6) is 5.75 Å². The van der Waals surface area contributed by atoms with E-state index in [9.17, 15) is 20.6 Å². The summed E-state index contributed by atoms with van der Waals surface area (Å²) in [5.41, 5.74) is 6.33. The molecule has 0 fully saturated rings. The van der Waals surface area contributed by atoms with Gasteiger partial charge in [0.2, 0.25) is 0 Å². The molecule has 7 nitrogen and oxygen atoms in total. The first-order valence-electron chi connectivity index (χ1n) is 8.78. The van der Waals surface area contributed by atoms with Crippen LogP contribution in [0.3, 0.4) is 0 Å². The lowest BCUT2D eigenvalue weighted by atomic mass is 9.58. The normalized spacial score (nSPS) is 23.5. The molecule has 0 spiro atoms. The first kappa shape index (κ1) is 19.2. The molecule has 0 aromatic heterocycles. The number of benzene rings is 1. The minimum Gasteiger partial charge on any atom is -0.427 e. The highest BCUT2D eigenvalue weighted by molar-refractivity contribution is 5.69. The van der Waals surface area contributed by atoms with E-state index in [2.05, 4.69) is 23.1 Å². The molecule has 0 bridgehead atoms. The van der Waals surface area contributed by atoms with Gasteiger partial charge < -0.3 is 15.4 Å². The third-order valence-electron chi connectivity index (χ3n) is 5.35. The molecule has 1 aromatic rings. The fourth-order valence-electron chi connectivity index (χ4n) is 4.11. The molecule has 2 aliphatic rings. The summed E-state index contributed by atoms with van der Waals surface area (Å²) in [7, 11) is 1.95. The highest BCUT2D eigenvalue weighted by Gasteiger charge is 2.54. The summed E-state index contributed by atoms with van der Waals surface area (Å²) in [5.74, 6) is -0.845. The minimum atomic E-state index is -1.66. The molecule has 140 valence electrons. The van der Waals surface area contributed by atoms with Gasteiger partial charge in [0.15, 0.2) is 5.41 Å². The summed E-state index contributed by atoms with van der Waals surface area (Å²) in [5, 5.41) is 29.6. The number of fused-ring (bicyclic) bond motifs is 1. The van der Waals surface area contributed by atoms with Crippen molar-refractivity contribution in [2.45, 2.75) is 12.8 Å². The van der Waals surface area contributed by atoms with Crippen molar-refractivity contribution in [2.24, 2.45) is 17.1 Å². The van der Waals surface area contributed by atoms with Crippen molar-refractivity contribution in [3.05, 3.63) is 52.7 Å². The first-order valence-corrected chi connectivity index (χ1v) is 8.78. The topological polar surface area (TPSA) is 127 Å². The van der Waals surface area contributed by atoms with Crippen LogP contribution in [0.25, 0.3) is 0 Å². The second-order valence-corrected chi connectivity index (χ2v) is 7.06. The van der Waals surface area contributed by atoms with Crippen molar-refractivity contribution in [3.8, 4) is 24.0 Å². The number of hydrogen-bond donors (Lipinski definition) is 1. The van der Waals surface area contributed by atoms with Crippen molar-refractivity contribution in [2.75, 3.05) is 20.1 Å². The van der Waals surface area contributed by atoms with E-state index in [1.54, 1.807) is 24.3 Å². The van der Waals surface area contributed by atoms with Crippen LogP contribution < -0.4 is 10.5 Å². The van der Waals surface area contributed by atoms with Gasteiger partial charge in [0.1, 0.15) is 11.8 Å². The molecular formula is C21H19N5O2. The molecule has 28 heavy (non-hydrogen) atoms. The van der Waals surface area contributed by atoms with Crippen molar-refractivity contribution < 1.29 is 9.53 Å². The fourth-order valence-corrected chi connectivity index (χ4v) is 4.11. The Morgan fingerprint density at radius 2 is 1.89 bits per heavy atom. The molecule has 1 heterocycles. The Hall–Kier alpha value is -3.60. The molecule has 2 atom stereocenters. The number of nitrogens with two attached hydrogens (primary N) is 1. The van der Waals surface area contributed by atoms with Crippen LogP contribution >= 0.6 is 0 Å². The number of allylic oxidation sites excluding steroid dienone is 2. The van der Waals surface area contributed by atoms with Gasteiger partial charge in [0, 0.05) is 31.8 Å². The van der Waals surface area contributed by atoms with Crippen molar-refractivity contribution >= 4 is 5.97 Å². The van der Waals surface area contributed by atoms with Gasteiger partial charge in [-0.2, -0.15) is 15.8 Å². The monoisotopic (exact) mass is 373 g/mol. The summed E-state index contributed by atoms with van der Waals surface area (Å²) < 4.78 is 5.07. The highest BCUT2D eigenvalue weighted by Crippen LogP contribution is 2.54. The van der Waals surface area contributed by atoms with Crippen molar-refractivity contribution in [3.63, 3.8) is 0 Å². The Labute approximate surface area is 163 Å². The standard InChI is InChI=1S/C21H19N5O2/c1-13(27)28-15-5-3-14(4-6-15)19-18-10-26(2)8-7-16(18)17(9-22)20(25)21(19,11-23)12-24/h3-7,18-19H,8,10,25H2,1-2H3/t18-,19+/m1/s1. The van der Waals surface area contributed by atoms with E-state index in [4.69, 9.17) is 10.5 Å². The maximum absolute atomic E-state index is 11.2. The summed E-state index contributed by atoms with van der Waals surface area (Å²) in [4.78, 5) is 13.2. The second kappa shape index (κ2) is 7.19. The number of carbonyl (C=O) groups excluding carboxylic acids is 1. The van der Waals surface area contributed by atoms with E-state index >= 15 is 0 Å². The quantitative estimate of drug-likeness (QED) is 0.620. The predicted molar refractivity (Wildman–Crippen MR) is 100 cm³/mol. The largest absolute Gasteiger partial charge is 0.427 e. The van der Waals surface area contributed by atoms with E-state index in [-0.39, 0.29) is 17.2 Å². The number of hydrogen-bond acceptors (Lipinski definition) is 7. The Bertz CT molecular complexity index is 987. The van der Waals surface area contributed by atoms with Crippen LogP contribution in [0.15, 0.2) is 47.2 Å². The smallest absolute Gasteiger partial charge is 0.308 e. The third-order valence-corrected chi connectivity index (χ3v) is 5.35. The number of esters is 1. The average Bonchev–Trinajstić information content (AvgIpc) is 2.68. The molecule has 0 unspecified atom stereocenters. The predicted octanol–water partition coefficient (Wildman–Crippen LogP) is 1.97. The molecule has 0 saturated carbocycles. The maximum Gasteiger partial charge on any atom is 0.308 e. The number of likely N-dealkylation sites (N-methyl/N-ethyl adjacent to an activating group) is 1. The number of rotatable bonds is 2. The van der Waals surface area contributed by atoms with E-state index < -0.39 is 17.3 Å². The lowest BCUT2D eigenvalue weighted by molar-refractivity contribution is -0.131. The SMILES string of the molecule is CC(=O)Oc1ccc([C@H]2[C@@H]3CN(C)CC=C3C(C#N)=C(N)C2(C#N)C#N)cc1. The number of ether oxygens (including phenoxy) is 1. The number of nitriles is 3. The molecule has 1 aliphatic carbocycles. The summed E-state index contributed by atoms with van der Waals surface area (Å²) >= 11 is 0. The zero-order chi connectivity index (χ0) is 20.5. The summed E-state index contributed by atoms with van der Waals surface area (Å²) in [6.07, 6.45) is 1.94. The minimum absolute atomic E-state index is 0.00103. The zero-order valence-corrected chi connectivity index (χ0v) is 15.6. The lowest BCUT2D eigenvalue weighted by Gasteiger charge is -2.45. The lowest BCUT2D eigenvalue weighted by Crippen LogP contribution is -2.47. The molecule has 0 saturated heterocycles. The molecule has 7 heteroatoms.